The van der Waals surface area contributed by atoms with Crippen LogP contribution in [0.5, 0.6) is 0 Å². The molecular formula is C39H38N4O2. The number of nitrogens with zero attached hydrogens (tertiary/aromatic N) is 1. The van der Waals surface area contributed by atoms with Crippen molar-refractivity contribution in [3.05, 3.63) is 150 Å². The Morgan fingerprint density at radius 2 is 1.42 bits per heavy atom. The summed E-state index contributed by atoms with van der Waals surface area (Å²) in [6.07, 6.45) is 1.83. The Bertz CT molecular complexity index is 1730. The molecule has 1 fully saturated rings. The van der Waals surface area contributed by atoms with Crippen LogP contribution in [0.4, 0.5) is 17.1 Å². The van der Waals surface area contributed by atoms with E-state index in [1.54, 1.807) is 0 Å². The molecule has 1 aliphatic rings. The van der Waals surface area contributed by atoms with Crippen molar-refractivity contribution in [2.24, 2.45) is 5.92 Å². The van der Waals surface area contributed by atoms with Gasteiger partial charge < -0.3 is 21.3 Å². The maximum Gasteiger partial charge on any atom is 0.256 e. The van der Waals surface area contributed by atoms with Gasteiger partial charge in [-0.3, -0.25) is 9.59 Å². The number of hydrogen-bond acceptors (Lipinski definition) is 4. The molecule has 0 aromatic heterocycles. The molecule has 6 heteroatoms. The molecule has 0 radical (unpaired) electrons. The number of rotatable bonds is 9. The van der Waals surface area contributed by atoms with Gasteiger partial charge in [0, 0.05) is 42.3 Å². The summed E-state index contributed by atoms with van der Waals surface area (Å²) < 4.78 is 0. The van der Waals surface area contributed by atoms with Crippen molar-refractivity contribution in [2.75, 3.05) is 29.0 Å². The van der Waals surface area contributed by atoms with E-state index in [1.807, 2.05) is 109 Å². The average molecular weight is 595 g/mol. The highest BCUT2D eigenvalue weighted by Gasteiger charge is 2.32. The predicted octanol–water partition coefficient (Wildman–Crippen LogP) is 7.50. The number of carbonyl (C=O) groups is 2. The smallest absolute Gasteiger partial charge is 0.256 e. The molecule has 5 aromatic rings. The zero-order chi connectivity index (χ0) is 31.0. The number of carbonyl (C=O) groups excluding carboxylic acids is 2. The van der Waals surface area contributed by atoms with Gasteiger partial charge in [-0.05, 0) is 83.5 Å². The minimum absolute atomic E-state index is 0.0842. The van der Waals surface area contributed by atoms with Gasteiger partial charge in [0.25, 0.3) is 5.91 Å². The molecule has 0 bridgehead atoms. The van der Waals surface area contributed by atoms with E-state index in [9.17, 15) is 9.59 Å². The lowest BCUT2D eigenvalue weighted by Crippen LogP contribution is -2.40. The third-order valence-electron chi connectivity index (χ3n) is 8.62. The topological polar surface area (TPSA) is 87.5 Å². The van der Waals surface area contributed by atoms with E-state index < -0.39 is 0 Å². The first kappa shape index (κ1) is 29.7. The maximum absolute atomic E-state index is 13.5. The first-order valence-corrected chi connectivity index (χ1v) is 15.5. The molecule has 2 amide bonds. The second-order valence-corrected chi connectivity index (χ2v) is 11.6. The van der Waals surface area contributed by atoms with Gasteiger partial charge in [0.15, 0.2) is 0 Å². The van der Waals surface area contributed by atoms with Crippen LogP contribution in [-0.2, 0) is 11.3 Å². The monoisotopic (exact) mass is 594 g/mol. The normalized spacial score (nSPS) is 14.0. The summed E-state index contributed by atoms with van der Waals surface area (Å²) in [5.74, 6) is -0.0251. The Morgan fingerprint density at radius 3 is 2.13 bits per heavy atom. The average Bonchev–Trinajstić information content (AvgIpc) is 3.09. The molecule has 1 saturated heterocycles. The van der Waals surface area contributed by atoms with Crippen LogP contribution < -0.4 is 21.3 Å². The van der Waals surface area contributed by atoms with Gasteiger partial charge >= 0.3 is 0 Å². The first-order valence-electron chi connectivity index (χ1n) is 15.5. The van der Waals surface area contributed by atoms with Crippen LogP contribution in [0.1, 0.15) is 40.2 Å². The SMILES string of the molecule is Nc1cccc(-c2ccccc2C(=O)Nc2ccc(N3CCC(C(C(=O)NCc4ccccc4)c4ccccc4)CC3)cc2)c1. The fraction of sp³-hybridized carbons (Fsp3) is 0.179. The van der Waals surface area contributed by atoms with Crippen LogP contribution in [0.15, 0.2) is 133 Å². The van der Waals surface area contributed by atoms with Crippen molar-refractivity contribution in [2.45, 2.75) is 25.3 Å². The van der Waals surface area contributed by atoms with Crippen LogP contribution in [0.2, 0.25) is 0 Å². The molecule has 45 heavy (non-hydrogen) atoms. The number of piperidine rings is 1. The fourth-order valence-corrected chi connectivity index (χ4v) is 6.28. The molecule has 0 aliphatic carbocycles. The van der Waals surface area contributed by atoms with E-state index in [-0.39, 0.29) is 23.7 Å². The lowest BCUT2D eigenvalue weighted by Gasteiger charge is -2.37. The van der Waals surface area contributed by atoms with Gasteiger partial charge in [0.05, 0.1) is 5.92 Å². The molecule has 1 heterocycles. The van der Waals surface area contributed by atoms with Crippen molar-refractivity contribution >= 4 is 28.9 Å². The zero-order valence-electron chi connectivity index (χ0n) is 25.2. The van der Waals surface area contributed by atoms with Gasteiger partial charge in [-0.15, -0.1) is 0 Å². The van der Waals surface area contributed by atoms with E-state index in [1.165, 1.54) is 0 Å². The van der Waals surface area contributed by atoms with Crippen LogP contribution in [0, 0.1) is 5.92 Å². The molecule has 226 valence electrons. The molecule has 6 nitrogen and oxygen atoms in total. The quantitative estimate of drug-likeness (QED) is 0.154. The van der Waals surface area contributed by atoms with Crippen molar-refractivity contribution in [1.82, 2.24) is 5.32 Å². The summed E-state index contributed by atoms with van der Waals surface area (Å²) in [6.45, 7) is 2.25. The Labute approximate surface area is 264 Å². The minimum atomic E-state index is -0.190. The van der Waals surface area contributed by atoms with Crippen LogP contribution in [0.25, 0.3) is 11.1 Å². The fourth-order valence-electron chi connectivity index (χ4n) is 6.28. The van der Waals surface area contributed by atoms with E-state index in [0.29, 0.717) is 17.8 Å². The molecule has 0 spiro atoms. The molecule has 0 saturated carbocycles. The third-order valence-corrected chi connectivity index (χ3v) is 8.62. The molecule has 1 aliphatic heterocycles. The number of benzene rings is 5. The summed E-state index contributed by atoms with van der Waals surface area (Å²) in [4.78, 5) is 29.2. The number of hydrogen-bond donors (Lipinski definition) is 3. The summed E-state index contributed by atoms with van der Waals surface area (Å²) in [5.41, 5.74) is 13.0. The van der Waals surface area contributed by atoms with Crippen LogP contribution >= 0.6 is 0 Å². The number of anilines is 3. The van der Waals surface area contributed by atoms with Crippen LogP contribution in [0.3, 0.4) is 0 Å². The molecule has 4 N–H and O–H groups in total. The molecule has 1 unspecified atom stereocenters. The van der Waals surface area contributed by atoms with E-state index >= 15 is 0 Å². The number of nitrogens with one attached hydrogen (secondary N) is 2. The minimum Gasteiger partial charge on any atom is -0.399 e. The van der Waals surface area contributed by atoms with Crippen molar-refractivity contribution in [3.8, 4) is 11.1 Å². The highest BCUT2D eigenvalue weighted by atomic mass is 16.2. The third kappa shape index (κ3) is 7.24. The molecule has 5 aromatic carbocycles. The molecular weight excluding hydrogens is 556 g/mol. The molecule has 6 rings (SSSR count). The highest BCUT2D eigenvalue weighted by Crippen LogP contribution is 2.35. The summed E-state index contributed by atoms with van der Waals surface area (Å²) in [7, 11) is 0. The first-order chi connectivity index (χ1) is 22.0. The van der Waals surface area contributed by atoms with E-state index in [2.05, 4.69) is 39.8 Å². The summed E-state index contributed by atoms with van der Waals surface area (Å²) in [5, 5.41) is 6.25. The molecule has 1 atom stereocenters. The summed E-state index contributed by atoms with van der Waals surface area (Å²) in [6, 6.07) is 43.3. The second kappa shape index (κ2) is 14.0. The predicted molar refractivity (Wildman–Crippen MR) is 183 cm³/mol. The van der Waals surface area contributed by atoms with Crippen molar-refractivity contribution in [1.29, 1.82) is 0 Å². The van der Waals surface area contributed by atoms with E-state index in [4.69, 9.17) is 5.73 Å². The van der Waals surface area contributed by atoms with Crippen molar-refractivity contribution in [3.63, 3.8) is 0 Å². The Kier molecular flexibility index (Phi) is 9.21. The van der Waals surface area contributed by atoms with Crippen molar-refractivity contribution < 1.29 is 9.59 Å². The van der Waals surface area contributed by atoms with Crippen LogP contribution in [-0.4, -0.2) is 24.9 Å². The highest BCUT2D eigenvalue weighted by molar-refractivity contribution is 6.08. The van der Waals surface area contributed by atoms with Gasteiger partial charge in [-0.2, -0.15) is 0 Å². The Hall–Kier alpha value is -5.36. The largest absolute Gasteiger partial charge is 0.399 e. The number of nitrogen functional groups attached to an aromatic ring is 1. The Morgan fingerprint density at radius 1 is 0.756 bits per heavy atom. The second-order valence-electron chi connectivity index (χ2n) is 11.6. The lowest BCUT2D eigenvalue weighted by molar-refractivity contribution is -0.124. The van der Waals surface area contributed by atoms with E-state index in [0.717, 1.165) is 59.6 Å². The Balaban J connectivity index is 1.09. The standard InChI is InChI=1S/C39H38N4O2/c40-32-15-9-14-31(26-32)35-16-7-8-17-36(35)38(44)42-33-18-20-34(21-19-33)43-24-22-30(23-25-43)37(29-12-5-2-6-13-29)39(45)41-27-28-10-3-1-4-11-28/h1-21,26,30,37H,22-25,27,40H2,(H,41,45)(H,42,44). The summed E-state index contributed by atoms with van der Waals surface area (Å²) >= 11 is 0. The van der Waals surface area contributed by atoms with Gasteiger partial charge in [-0.25, -0.2) is 0 Å². The lowest BCUT2D eigenvalue weighted by atomic mass is 9.79. The number of nitrogens with two attached hydrogens (primary N) is 1. The maximum atomic E-state index is 13.5. The van der Waals surface area contributed by atoms with Gasteiger partial charge in [0.1, 0.15) is 0 Å². The number of amides is 2. The van der Waals surface area contributed by atoms with Gasteiger partial charge in [0.2, 0.25) is 5.91 Å². The zero-order valence-corrected chi connectivity index (χ0v) is 25.2. The van der Waals surface area contributed by atoms with Gasteiger partial charge in [-0.1, -0.05) is 91.0 Å².